The van der Waals surface area contributed by atoms with Crippen LogP contribution in [0.25, 0.3) is 0 Å². The van der Waals surface area contributed by atoms with Gasteiger partial charge in [-0.15, -0.1) is 0 Å². The first-order valence-electron chi connectivity index (χ1n) is 9.27. The van der Waals surface area contributed by atoms with E-state index < -0.39 is 0 Å². The Morgan fingerprint density at radius 3 is 2.11 bits per heavy atom. The van der Waals surface area contributed by atoms with E-state index in [1.165, 1.54) is 0 Å². The average Bonchev–Trinajstić information content (AvgIpc) is 2.66. The van der Waals surface area contributed by atoms with Crippen LogP contribution in [0, 0.1) is 5.92 Å². The maximum atomic E-state index is 12.5. The molecule has 0 radical (unpaired) electrons. The van der Waals surface area contributed by atoms with Crippen molar-refractivity contribution < 1.29 is 9.59 Å². The quantitative estimate of drug-likeness (QED) is 0.783. The molecule has 2 aromatic rings. The molecule has 0 spiro atoms. The van der Waals surface area contributed by atoms with Gasteiger partial charge >= 0.3 is 0 Å². The minimum absolute atomic E-state index is 0.0473. The van der Waals surface area contributed by atoms with Gasteiger partial charge in [0.05, 0.1) is 5.92 Å². The zero-order chi connectivity index (χ0) is 20.0. The van der Waals surface area contributed by atoms with Gasteiger partial charge in [0.2, 0.25) is 11.8 Å². The molecule has 0 aliphatic heterocycles. The van der Waals surface area contributed by atoms with Gasteiger partial charge in [-0.3, -0.25) is 9.59 Å². The minimum Gasteiger partial charge on any atom is -0.336 e. The maximum absolute atomic E-state index is 12.5. The summed E-state index contributed by atoms with van der Waals surface area (Å²) in [4.78, 5) is 26.0. The molecule has 2 unspecified atom stereocenters. The summed E-state index contributed by atoms with van der Waals surface area (Å²) in [6.45, 7) is 7.94. The number of carbonyl (C=O) groups is 2. The predicted molar refractivity (Wildman–Crippen MR) is 109 cm³/mol. The molecule has 0 saturated heterocycles. The topological polar surface area (TPSA) is 75.4 Å². The normalized spacial score (nSPS) is 13.1. The number of benzene rings is 2. The van der Waals surface area contributed by atoms with E-state index in [-0.39, 0.29) is 29.8 Å². The number of nitrogens with one attached hydrogen (secondary N) is 1. The van der Waals surface area contributed by atoms with E-state index in [0.29, 0.717) is 6.54 Å². The summed E-state index contributed by atoms with van der Waals surface area (Å²) in [6, 6.07) is 17.0. The van der Waals surface area contributed by atoms with Gasteiger partial charge in [-0.1, -0.05) is 49.4 Å². The Bertz CT molecular complexity index is 757. The van der Waals surface area contributed by atoms with Crippen molar-refractivity contribution in [3.05, 3.63) is 65.7 Å². The van der Waals surface area contributed by atoms with Gasteiger partial charge in [-0.2, -0.15) is 0 Å². The van der Waals surface area contributed by atoms with Gasteiger partial charge in [0.1, 0.15) is 0 Å². The number of anilines is 1. The van der Waals surface area contributed by atoms with Crippen molar-refractivity contribution in [2.24, 2.45) is 11.7 Å². The minimum atomic E-state index is -0.361. The van der Waals surface area contributed by atoms with Crippen molar-refractivity contribution >= 4 is 17.5 Å². The fourth-order valence-corrected chi connectivity index (χ4v) is 2.93. The third-order valence-electron chi connectivity index (χ3n) is 4.74. The molecule has 0 saturated carbocycles. The molecule has 144 valence electrons. The summed E-state index contributed by atoms with van der Waals surface area (Å²) in [6.07, 6.45) is 0. The maximum Gasteiger partial charge on any atom is 0.229 e. The van der Waals surface area contributed by atoms with E-state index >= 15 is 0 Å². The van der Waals surface area contributed by atoms with Crippen LogP contribution in [0.3, 0.4) is 0 Å². The Morgan fingerprint density at radius 2 is 1.59 bits per heavy atom. The van der Waals surface area contributed by atoms with Crippen LogP contribution in [0.2, 0.25) is 0 Å². The molecular formula is C22H29N3O2. The monoisotopic (exact) mass is 367 g/mol. The number of nitrogens with two attached hydrogens (primary N) is 1. The van der Waals surface area contributed by atoms with Crippen molar-refractivity contribution in [2.45, 2.75) is 46.3 Å². The molecule has 0 bridgehead atoms. The summed E-state index contributed by atoms with van der Waals surface area (Å²) >= 11 is 0. The number of rotatable bonds is 7. The average molecular weight is 367 g/mol. The van der Waals surface area contributed by atoms with Crippen LogP contribution < -0.4 is 11.1 Å². The van der Waals surface area contributed by atoms with Crippen LogP contribution in [0.4, 0.5) is 5.69 Å². The van der Waals surface area contributed by atoms with E-state index in [2.05, 4.69) is 5.32 Å². The second-order valence-corrected chi connectivity index (χ2v) is 7.15. The Morgan fingerprint density at radius 1 is 1.00 bits per heavy atom. The van der Waals surface area contributed by atoms with Crippen molar-refractivity contribution in [2.75, 3.05) is 5.32 Å². The standard InChI is InChI=1S/C22H29N3O2/c1-15(2)25(17(4)26)14-18-10-12-20(13-11-18)24-22(27)16(3)21(23)19-8-6-5-7-9-19/h5-13,15-16,21H,14,23H2,1-4H3,(H,24,27). The van der Waals surface area contributed by atoms with Crippen LogP contribution >= 0.6 is 0 Å². The molecule has 5 heteroatoms. The zero-order valence-corrected chi connectivity index (χ0v) is 16.5. The molecular weight excluding hydrogens is 338 g/mol. The zero-order valence-electron chi connectivity index (χ0n) is 16.5. The Kier molecular flexibility index (Phi) is 7.13. The summed E-state index contributed by atoms with van der Waals surface area (Å²) in [5.74, 6) is -0.432. The molecule has 0 aliphatic rings. The van der Waals surface area contributed by atoms with Crippen LogP contribution in [-0.4, -0.2) is 22.8 Å². The van der Waals surface area contributed by atoms with Gasteiger partial charge in [-0.25, -0.2) is 0 Å². The third-order valence-corrected chi connectivity index (χ3v) is 4.74. The second-order valence-electron chi connectivity index (χ2n) is 7.15. The number of carbonyl (C=O) groups excluding carboxylic acids is 2. The smallest absolute Gasteiger partial charge is 0.229 e. The fourth-order valence-electron chi connectivity index (χ4n) is 2.93. The molecule has 2 atom stereocenters. The lowest BCUT2D eigenvalue weighted by Crippen LogP contribution is -2.34. The van der Waals surface area contributed by atoms with E-state index in [9.17, 15) is 9.59 Å². The Hall–Kier alpha value is -2.66. The molecule has 0 heterocycles. The van der Waals surface area contributed by atoms with Crippen LogP contribution in [0.1, 0.15) is 44.9 Å². The van der Waals surface area contributed by atoms with Gasteiger partial charge in [0.15, 0.2) is 0 Å². The van der Waals surface area contributed by atoms with Crippen LogP contribution in [0.15, 0.2) is 54.6 Å². The van der Waals surface area contributed by atoms with E-state index in [1.54, 1.807) is 11.8 Å². The van der Waals surface area contributed by atoms with Crippen molar-refractivity contribution in [3.8, 4) is 0 Å². The summed E-state index contributed by atoms with van der Waals surface area (Å²) in [5, 5.41) is 2.92. The highest BCUT2D eigenvalue weighted by Crippen LogP contribution is 2.21. The largest absolute Gasteiger partial charge is 0.336 e. The first kappa shape index (κ1) is 20.6. The molecule has 27 heavy (non-hydrogen) atoms. The van der Waals surface area contributed by atoms with Gasteiger partial charge in [0, 0.05) is 31.2 Å². The van der Waals surface area contributed by atoms with Gasteiger partial charge in [0.25, 0.3) is 0 Å². The van der Waals surface area contributed by atoms with Crippen molar-refractivity contribution in [1.82, 2.24) is 4.90 Å². The van der Waals surface area contributed by atoms with Gasteiger partial charge in [-0.05, 0) is 37.1 Å². The number of hydrogen-bond acceptors (Lipinski definition) is 3. The highest BCUT2D eigenvalue weighted by Gasteiger charge is 2.22. The van der Waals surface area contributed by atoms with Crippen molar-refractivity contribution in [3.63, 3.8) is 0 Å². The molecule has 5 nitrogen and oxygen atoms in total. The molecule has 0 fully saturated rings. The highest BCUT2D eigenvalue weighted by atomic mass is 16.2. The predicted octanol–water partition coefficient (Wildman–Crippen LogP) is 3.72. The summed E-state index contributed by atoms with van der Waals surface area (Å²) in [7, 11) is 0. The summed E-state index contributed by atoms with van der Waals surface area (Å²) < 4.78 is 0. The van der Waals surface area contributed by atoms with E-state index in [0.717, 1.165) is 16.8 Å². The number of hydrogen-bond donors (Lipinski definition) is 2. The first-order valence-corrected chi connectivity index (χ1v) is 9.27. The molecule has 2 aromatic carbocycles. The Balaban J connectivity index is 1.99. The van der Waals surface area contributed by atoms with E-state index in [1.807, 2.05) is 75.4 Å². The number of nitrogens with zero attached hydrogens (tertiary/aromatic N) is 1. The Labute approximate surface area is 161 Å². The van der Waals surface area contributed by atoms with Crippen LogP contribution in [0.5, 0.6) is 0 Å². The molecule has 0 aromatic heterocycles. The number of amides is 2. The lowest BCUT2D eigenvalue weighted by atomic mass is 9.94. The lowest BCUT2D eigenvalue weighted by Gasteiger charge is -2.25. The fraction of sp³-hybridized carbons (Fsp3) is 0.364. The molecule has 3 N–H and O–H groups in total. The first-order chi connectivity index (χ1) is 12.8. The lowest BCUT2D eigenvalue weighted by molar-refractivity contribution is -0.131. The molecule has 2 amide bonds. The highest BCUT2D eigenvalue weighted by molar-refractivity contribution is 5.92. The SMILES string of the molecule is CC(=O)N(Cc1ccc(NC(=O)C(C)C(N)c2ccccc2)cc1)C(C)C. The summed E-state index contributed by atoms with van der Waals surface area (Å²) in [5.41, 5.74) is 8.91. The third kappa shape index (κ3) is 5.66. The van der Waals surface area contributed by atoms with Crippen molar-refractivity contribution in [1.29, 1.82) is 0 Å². The van der Waals surface area contributed by atoms with E-state index in [4.69, 9.17) is 5.73 Å². The molecule has 0 aliphatic carbocycles. The second kappa shape index (κ2) is 9.33. The van der Waals surface area contributed by atoms with Crippen LogP contribution in [-0.2, 0) is 16.1 Å². The van der Waals surface area contributed by atoms with Gasteiger partial charge < -0.3 is 16.0 Å². The molecule has 2 rings (SSSR count).